The van der Waals surface area contributed by atoms with Crippen LogP contribution >= 0.6 is 0 Å². The van der Waals surface area contributed by atoms with Crippen molar-refractivity contribution in [2.45, 2.75) is 79.1 Å². The highest BCUT2D eigenvalue weighted by atomic mass is 32.2. The van der Waals surface area contributed by atoms with E-state index in [0.29, 0.717) is 19.4 Å². The number of nitrogens with two attached hydrogens (primary N) is 1. The van der Waals surface area contributed by atoms with Gasteiger partial charge in [-0.3, -0.25) is 4.79 Å². The van der Waals surface area contributed by atoms with Crippen LogP contribution < -0.4 is 5.14 Å². The SMILES string of the molecule is CC(C)(CCCCOCCCCC(C)(C)C(=O)O)CCCS(N)(=O)=O. The van der Waals surface area contributed by atoms with Crippen LogP contribution in [0.4, 0.5) is 0 Å². The zero-order chi connectivity index (χ0) is 19.6. The fraction of sp³-hybridized carbons (Fsp3) is 0.944. The largest absolute Gasteiger partial charge is 0.481 e. The third kappa shape index (κ3) is 14.2. The Labute approximate surface area is 153 Å². The van der Waals surface area contributed by atoms with Gasteiger partial charge in [-0.25, -0.2) is 13.6 Å². The van der Waals surface area contributed by atoms with Gasteiger partial charge >= 0.3 is 5.97 Å². The van der Waals surface area contributed by atoms with Crippen molar-refractivity contribution >= 4 is 16.0 Å². The van der Waals surface area contributed by atoms with Gasteiger partial charge in [0.25, 0.3) is 0 Å². The van der Waals surface area contributed by atoms with Gasteiger partial charge in [-0.1, -0.05) is 26.7 Å². The minimum Gasteiger partial charge on any atom is -0.481 e. The van der Waals surface area contributed by atoms with Crippen molar-refractivity contribution in [3.63, 3.8) is 0 Å². The number of hydrogen-bond acceptors (Lipinski definition) is 4. The van der Waals surface area contributed by atoms with Crippen molar-refractivity contribution in [3.05, 3.63) is 0 Å². The van der Waals surface area contributed by atoms with E-state index in [1.165, 1.54) is 0 Å². The molecule has 150 valence electrons. The molecule has 0 aliphatic carbocycles. The van der Waals surface area contributed by atoms with Gasteiger partial charge in [0.1, 0.15) is 0 Å². The lowest BCUT2D eigenvalue weighted by atomic mass is 9.83. The maximum absolute atomic E-state index is 11.0. The predicted molar refractivity (Wildman–Crippen MR) is 101 cm³/mol. The van der Waals surface area contributed by atoms with Crippen LogP contribution in [0.3, 0.4) is 0 Å². The van der Waals surface area contributed by atoms with Crippen molar-refractivity contribution in [1.29, 1.82) is 0 Å². The third-order valence-corrected chi connectivity index (χ3v) is 5.45. The zero-order valence-electron chi connectivity index (χ0n) is 16.3. The second-order valence-electron chi connectivity index (χ2n) is 8.35. The molecule has 0 aromatic heterocycles. The Morgan fingerprint density at radius 1 is 0.920 bits per heavy atom. The molecule has 0 saturated carbocycles. The molecule has 0 aromatic carbocycles. The van der Waals surface area contributed by atoms with Gasteiger partial charge in [-0.15, -0.1) is 0 Å². The highest BCUT2D eigenvalue weighted by Crippen LogP contribution is 2.29. The fourth-order valence-electron chi connectivity index (χ4n) is 2.66. The molecule has 0 atom stereocenters. The molecule has 6 nitrogen and oxygen atoms in total. The van der Waals surface area contributed by atoms with Crippen LogP contribution in [-0.4, -0.2) is 38.5 Å². The number of unbranched alkanes of at least 4 members (excludes halogenated alkanes) is 2. The molecule has 0 aliphatic heterocycles. The molecule has 0 rings (SSSR count). The third-order valence-electron chi connectivity index (χ3n) is 4.59. The highest BCUT2D eigenvalue weighted by Gasteiger charge is 2.25. The van der Waals surface area contributed by atoms with Gasteiger partial charge in [0.2, 0.25) is 10.0 Å². The Kier molecular flexibility index (Phi) is 10.8. The smallest absolute Gasteiger partial charge is 0.309 e. The number of carboxylic acids is 1. The zero-order valence-corrected chi connectivity index (χ0v) is 17.2. The Hall–Kier alpha value is -0.660. The lowest BCUT2D eigenvalue weighted by Crippen LogP contribution is -2.23. The maximum atomic E-state index is 11.0. The summed E-state index contributed by atoms with van der Waals surface area (Å²) in [5.41, 5.74) is -0.540. The molecule has 0 amide bonds. The minimum absolute atomic E-state index is 0.0538. The average molecular weight is 380 g/mol. The molecular formula is C18H37NO5S. The molecule has 0 unspecified atom stereocenters. The van der Waals surface area contributed by atoms with E-state index in [2.05, 4.69) is 13.8 Å². The van der Waals surface area contributed by atoms with E-state index in [1.54, 1.807) is 13.8 Å². The van der Waals surface area contributed by atoms with Gasteiger partial charge in [0.15, 0.2) is 0 Å². The predicted octanol–water partition coefficient (Wildman–Crippen LogP) is 3.55. The Morgan fingerprint density at radius 2 is 1.40 bits per heavy atom. The standard InChI is InChI=1S/C18H37NO5S/c1-17(2,11-9-15-25(19,22)23)10-5-7-13-24-14-8-6-12-18(3,4)16(20)21/h5-15H2,1-4H3,(H,20,21)(H2,19,22,23). The molecular weight excluding hydrogens is 342 g/mol. The molecule has 0 saturated heterocycles. The summed E-state index contributed by atoms with van der Waals surface area (Å²) in [6.45, 7) is 9.20. The normalized spacial score (nSPS) is 13.2. The second kappa shape index (κ2) is 11.1. The Bertz CT molecular complexity index is 486. The summed E-state index contributed by atoms with van der Waals surface area (Å²) in [4.78, 5) is 11.0. The fourth-order valence-corrected chi connectivity index (χ4v) is 3.21. The van der Waals surface area contributed by atoms with E-state index >= 15 is 0 Å². The number of ether oxygens (including phenoxy) is 1. The van der Waals surface area contributed by atoms with E-state index < -0.39 is 21.4 Å². The Balaban J connectivity index is 3.61. The van der Waals surface area contributed by atoms with Gasteiger partial charge in [0.05, 0.1) is 11.2 Å². The lowest BCUT2D eigenvalue weighted by molar-refractivity contribution is -0.147. The molecule has 0 spiro atoms. The van der Waals surface area contributed by atoms with Crippen molar-refractivity contribution < 1.29 is 23.1 Å². The number of rotatable bonds is 15. The number of primary sulfonamides is 1. The topological polar surface area (TPSA) is 107 Å². The van der Waals surface area contributed by atoms with Crippen LogP contribution in [0.25, 0.3) is 0 Å². The van der Waals surface area contributed by atoms with Crippen LogP contribution in [-0.2, 0) is 19.6 Å². The number of sulfonamides is 1. The van der Waals surface area contributed by atoms with E-state index in [0.717, 1.165) is 45.1 Å². The van der Waals surface area contributed by atoms with Crippen LogP contribution in [0.15, 0.2) is 0 Å². The first-order valence-corrected chi connectivity index (χ1v) is 10.9. The molecule has 0 heterocycles. The summed E-state index contributed by atoms with van der Waals surface area (Å²) in [6, 6.07) is 0. The molecule has 25 heavy (non-hydrogen) atoms. The number of carbonyl (C=O) groups is 1. The molecule has 0 aromatic rings. The second-order valence-corrected chi connectivity index (χ2v) is 10.1. The molecule has 7 heteroatoms. The summed E-state index contributed by atoms with van der Waals surface area (Å²) in [6.07, 6.45) is 6.94. The summed E-state index contributed by atoms with van der Waals surface area (Å²) in [5, 5.41) is 14.1. The van der Waals surface area contributed by atoms with E-state index in [4.69, 9.17) is 15.0 Å². The molecule has 0 fully saturated rings. The summed E-state index contributed by atoms with van der Waals surface area (Å²) in [5.74, 6) is -0.696. The van der Waals surface area contributed by atoms with Crippen molar-refractivity contribution in [2.75, 3.05) is 19.0 Å². The van der Waals surface area contributed by atoms with E-state index in [-0.39, 0.29) is 11.2 Å². The molecule has 0 radical (unpaired) electrons. The summed E-state index contributed by atoms with van der Waals surface area (Å²) in [7, 11) is -3.35. The Morgan fingerprint density at radius 3 is 1.88 bits per heavy atom. The average Bonchev–Trinajstić information content (AvgIpc) is 2.43. The van der Waals surface area contributed by atoms with Gasteiger partial charge in [-0.05, 0) is 57.8 Å². The maximum Gasteiger partial charge on any atom is 0.309 e. The van der Waals surface area contributed by atoms with Crippen molar-refractivity contribution in [1.82, 2.24) is 0 Å². The molecule has 3 N–H and O–H groups in total. The van der Waals surface area contributed by atoms with Crippen LogP contribution in [0.2, 0.25) is 0 Å². The summed E-state index contributed by atoms with van der Waals surface area (Å²) < 4.78 is 27.5. The van der Waals surface area contributed by atoms with E-state index in [1.807, 2.05) is 0 Å². The van der Waals surface area contributed by atoms with Crippen LogP contribution in [0, 0.1) is 10.8 Å². The highest BCUT2D eigenvalue weighted by molar-refractivity contribution is 7.89. The first-order chi connectivity index (χ1) is 11.4. The number of aliphatic carboxylic acids is 1. The lowest BCUT2D eigenvalue weighted by Gasteiger charge is -2.24. The van der Waals surface area contributed by atoms with Gasteiger partial charge in [0, 0.05) is 13.2 Å². The first kappa shape index (κ1) is 24.3. The van der Waals surface area contributed by atoms with Crippen molar-refractivity contribution in [2.24, 2.45) is 16.0 Å². The first-order valence-electron chi connectivity index (χ1n) is 9.17. The quantitative estimate of drug-likeness (QED) is 0.423. The number of hydrogen-bond donors (Lipinski definition) is 2. The molecule has 0 aliphatic rings. The van der Waals surface area contributed by atoms with Gasteiger partial charge in [-0.2, -0.15) is 0 Å². The molecule has 0 bridgehead atoms. The van der Waals surface area contributed by atoms with Gasteiger partial charge < -0.3 is 9.84 Å². The minimum atomic E-state index is -3.35. The number of carboxylic acid groups (broad SMARTS) is 1. The monoisotopic (exact) mass is 379 g/mol. The van der Waals surface area contributed by atoms with Crippen LogP contribution in [0.5, 0.6) is 0 Å². The van der Waals surface area contributed by atoms with Crippen molar-refractivity contribution in [3.8, 4) is 0 Å². The van der Waals surface area contributed by atoms with E-state index in [9.17, 15) is 13.2 Å². The summed E-state index contributed by atoms with van der Waals surface area (Å²) >= 11 is 0. The van der Waals surface area contributed by atoms with Crippen LogP contribution in [0.1, 0.15) is 79.1 Å².